The molecule has 0 unspecified atom stereocenters. The predicted molar refractivity (Wildman–Crippen MR) is 73.9 cm³/mol. The molecule has 2 rings (SSSR count). The third kappa shape index (κ3) is 2.54. The van der Waals surface area contributed by atoms with Crippen molar-refractivity contribution in [2.24, 2.45) is 5.92 Å². The molecule has 0 saturated carbocycles. The Labute approximate surface area is 112 Å². The van der Waals surface area contributed by atoms with Gasteiger partial charge in [0.05, 0.1) is 23.5 Å². The molecule has 5 heteroatoms. The first-order chi connectivity index (χ1) is 8.90. The molecule has 0 aromatic heterocycles. The van der Waals surface area contributed by atoms with E-state index in [0.717, 1.165) is 12.2 Å². The van der Waals surface area contributed by atoms with Crippen LogP contribution in [0.25, 0.3) is 0 Å². The van der Waals surface area contributed by atoms with Gasteiger partial charge in [-0.3, -0.25) is 4.79 Å². The van der Waals surface area contributed by atoms with Crippen LogP contribution in [0.3, 0.4) is 0 Å². The molecule has 1 amide bonds. The van der Waals surface area contributed by atoms with Crippen molar-refractivity contribution in [2.75, 3.05) is 29.9 Å². The van der Waals surface area contributed by atoms with Crippen molar-refractivity contribution in [3.05, 3.63) is 23.8 Å². The van der Waals surface area contributed by atoms with E-state index in [1.807, 2.05) is 4.90 Å². The van der Waals surface area contributed by atoms with Gasteiger partial charge in [-0.1, -0.05) is 13.8 Å². The molecule has 1 N–H and O–H groups in total. The number of fused-ring (bicyclic) bond motifs is 1. The van der Waals surface area contributed by atoms with E-state index in [2.05, 4.69) is 13.8 Å². The van der Waals surface area contributed by atoms with Gasteiger partial charge in [-0.15, -0.1) is 0 Å². The first-order valence-corrected chi connectivity index (χ1v) is 6.29. The van der Waals surface area contributed by atoms with Crippen molar-refractivity contribution in [2.45, 2.75) is 13.8 Å². The minimum atomic E-state index is -0.982. The summed E-state index contributed by atoms with van der Waals surface area (Å²) in [5.74, 6) is -0.566. The van der Waals surface area contributed by atoms with Crippen molar-refractivity contribution in [1.29, 1.82) is 0 Å². The number of aromatic carboxylic acids is 1. The minimum Gasteiger partial charge on any atom is -0.478 e. The van der Waals surface area contributed by atoms with Crippen LogP contribution in [0.1, 0.15) is 24.2 Å². The largest absolute Gasteiger partial charge is 0.478 e. The van der Waals surface area contributed by atoms with Gasteiger partial charge in [-0.25, -0.2) is 4.79 Å². The molecule has 19 heavy (non-hydrogen) atoms. The summed E-state index contributed by atoms with van der Waals surface area (Å²) in [6.45, 7) is 5.30. The van der Waals surface area contributed by atoms with Crippen LogP contribution >= 0.6 is 0 Å². The van der Waals surface area contributed by atoms with Crippen LogP contribution in [0.2, 0.25) is 0 Å². The van der Waals surface area contributed by atoms with E-state index in [0.29, 0.717) is 18.2 Å². The van der Waals surface area contributed by atoms with Crippen molar-refractivity contribution in [3.8, 4) is 0 Å². The predicted octanol–water partition coefficient (Wildman–Crippen LogP) is 1.82. The number of carbonyl (C=O) groups excluding carboxylic acids is 1. The van der Waals surface area contributed by atoms with E-state index in [1.165, 1.54) is 4.90 Å². The summed E-state index contributed by atoms with van der Waals surface area (Å²) in [6.07, 6.45) is 0. The summed E-state index contributed by atoms with van der Waals surface area (Å²) >= 11 is 0. The van der Waals surface area contributed by atoms with Gasteiger partial charge in [0.15, 0.2) is 0 Å². The van der Waals surface area contributed by atoms with Gasteiger partial charge in [-0.05, 0) is 24.1 Å². The Morgan fingerprint density at radius 1 is 1.37 bits per heavy atom. The van der Waals surface area contributed by atoms with Crippen molar-refractivity contribution in [3.63, 3.8) is 0 Å². The number of anilines is 2. The highest BCUT2D eigenvalue weighted by atomic mass is 16.4. The van der Waals surface area contributed by atoms with E-state index in [9.17, 15) is 9.59 Å². The number of likely N-dealkylation sites (N-methyl/N-ethyl adjacent to an activating group) is 1. The molecule has 0 fully saturated rings. The number of carboxylic acid groups (broad SMARTS) is 1. The molecule has 1 aliphatic rings. The van der Waals surface area contributed by atoms with Crippen LogP contribution < -0.4 is 9.80 Å². The Bertz CT molecular complexity index is 525. The number of amides is 1. The van der Waals surface area contributed by atoms with Gasteiger partial charge in [0.2, 0.25) is 5.91 Å². The molecular formula is C14H18N2O3. The van der Waals surface area contributed by atoms with E-state index in [-0.39, 0.29) is 11.5 Å². The fourth-order valence-electron chi connectivity index (χ4n) is 2.29. The van der Waals surface area contributed by atoms with Crippen LogP contribution in [0.5, 0.6) is 0 Å². The molecule has 0 radical (unpaired) electrons. The first-order valence-electron chi connectivity index (χ1n) is 6.29. The Balaban J connectivity index is 2.46. The second kappa shape index (κ2) is 4.91. The number of hydrogen-bond acceptors (Lipinski definition) is 3. The standard InChI is InChI=1S/C14H18N2O3/c1-9(2)7-16-8-13(17)15(3)12-6-10(14(18)19)4-5-11(12)16/h4-6,9H,7-8H2,1-3H3,(H,18,19). The van der Waals surface area contributed by atoms with Crippen LogP contribution in [0.4, 0.5) is 11.4 Å². The Morgan fingerprint density at radius 3 is 2.63 bits per heavy atom. The monoisotopic (exact) mass is 262 g/mol. The van der Waals surface area contributed by atoms with Crippen LogP contribution in [-0.2, 0) is 4.79 Å². The highest BCUT2D eigenvalue weighted by Gasteiger charge is 2.27. The molecule has 102 valence electrons. The third-order valence-corrected chi connectivity index (χ3v) is 3.21. The zero-order valence-corrected chi connectivity index (χ0v) is 11.4. The number of benzene rings is 1. The first kappa shape index (κ1) is 13.4. The fraction of sp³-hybridized carbons (Fsp3) is 0.429. The van der Waals surface area contributed by atoms with Gasteiger partial charge < -0.3 is 14.9 Å². The summed E-state index contributed by atoms with van der Waals surface area (Å²) < 4.78 is 0. The maximum atomic E-state index is 12.0. The fourth-order valence-corrected chi connectivity index (χ4v) is 2.29. The molecule has 0 saturated heterocycles. The summed E-state index contributed by atoms with van der Waals surface area (Å²) in [5, 5.41) is 9.03. The van der Waals surface area contributed by atoms with Gasteiger partial charge in [0, 0.05) is 13.6 Å². The summed E-state index contributed by atoms with van der Waals surface area (Å²) in [7, 11) is 1.68. The maximum absolute atomic E-state index is 12.0. The van der Waals surface area contributed by atoms with E-state index < -0.39 is 5.97 Å². The molecule has 0 spiro atoms. The Morgan fingerprint density at radius 2 is 2.05 bits per heavy atom. The highest BCUT2D eigenvalue weighted by Crippen LogP contribution is 2.34. The molecular weight excluding hydrogens is 244 g/mol. The van der Waals surface area contributed by atoms with Crippen molar-refractivity contribution in [1.82, 2.24) is 0 Å². The summed E-state index contributed by atoms with van der Waals surface area (Å²) in [5.41, 5.74) is 1.78. The maximum Gasteiger partial charge on any atom is 0.335 e. The summed E-state index contributed by atoms with van der Waals surface area (Å²) in [4.78, 5) is 26.5. The highest BCUT2D eigenvalue weighted by molar-refractivity contribution is 6.04. The topological polar surface area (TPSA) is 60.9 Å². The second-order valence-electron chi connectivity index (χ2n) is 5.24. The smallest absolute Gasteiger partial charge is 0.335 e. The van der Waals surface area contributed by atoms with E-state index >= 15 is 0 Å². The number of nitrogens with zero attached hydrogens (tertiary/aromatic N) is 2. The second-order valence-corrected chi connectivity index (χ2v) is 5.24. The van der Waals surface area contributed by atoms with Crippen LogP contribution in [0.15, 0.2) is 18.2 Å². The van der Waals surface area contributed by atoms with Crippen LogP contribution in [-0.4, -0.2) is 37.1 Å². The quantitative estimate of drug-likeness (QED) is 0.902. The SMILES string of the molecule is CC(C)CN1CC(=O)N(C)c2cc(C(=O)O)ccc21. The molecule has 0 atom stereocenters. The average molecular weight is 262 g/mol. The number of rotatable bonds is 3. The number of carbonyl (C=O) groups is 2. The third-order valence-electron chi connectivity index (χ3n) is 3.21. The van der Waals surface area contributed by atoms with Crippen molar-refractivity contribution >= 4 is 23.3 Å². The molecule has 1 heterocycles. The Hall–Kier alpha value is -2.04. The zero-order chi connectivity index (χ0) is 14.2. The average Bonchev–Trinajstić information content (AvgIpc) is 2.34. The lowest BCUT2D eigenvalue weighted by Gasteiger charge is -2.36. The van der Waals surface area contributed by atoms with Crippen LogP contribution in [0, 0.1) is 5.92 Å². The van der Waals surface area contributed by atoms with Gasteiger partial charge >= 0.3 is 5.97 Å². The lowest BCUT2D eigenvalue weighted by atomic mass is 10.1. The molecule has 1 aliphatic heterocycles. The van der Waals surface area contributed by atoms with Gasteiger partial charge in [-0.2, -0.15) is 0 Å². The number of hydrogen-bond donors (Lipinski definition) is 1. The minimum absolute atomic E-state index is 0.0179. The van der Waals surface area contributed by atoms with Gasteiger partial charge in [0.25, 0.3) is 0 Å². The van der Waals surface area contributed by atoms with Gasteiger partial charge in [0.1, 0.15) is 0 Å². The molecule has 1 aromatic rings. The summed E-state index contributed by atoms with van der Waals surface area (Å²) in [6, 6.07) is 4.92. The van der Waals surface area contributed by atoms with Crippen molar-refractivity contribution < 1.29 is 14.7 Å². The molecule has 0 aliphatic carbocycles. The molecule has 0 bridgehead atoms. The van der Waals surface area contributed by atoms with E-state index in [1.54, 1.807) is 25.2 Å². The lowest BCUT2D eigenvalue weighted by Crippen LogP contribution is -2.45. The number of carboxylic acids is 1. The Kier molecular flexibility index (Phi) is 3.46. The molecule has 1 aromatic carbocycles. The lowest BCUT2D eigenvalue weighted by molar-refractivity contribution is -0.117. The zero-order valence-electron chi connectivity index (χ0n) is 11.4. The van der Waals surface area contributed by atoms with E-state index in [4.69, 9.17) is 5.11 Å². The normalized spacial score (nSPS) is 14.8. The molecule has 5 nitrogen and oxygen atoms in total.